The highest BCUT2D eigenvalue weighted by Gasteiger charge is 2.34. The predicted molar refractivity (Wildman–Crippen MR) is 77.3 cm³/mol. The van der Waals surface area contributed by atoms with Gasteiger partial charge in [-0.1, -0.05) is 26.2 Å². The van der Waals surface area contributed by atoms with E-state index >= 15 is 0 Å². The molecule has 0 saturated heterocycles. The lowest BCUT2D eigenvalue weighted by molar-refractivity contribution is 0.146. The molecule has 0 atom stereocenters. The summed E-state index contributed by atoms with van der Waals surface area (Å²) in [5, 5.41) is 0. The Morgan fingerprint density at radius 2 is 1.89 bits per heavy atom. The Morgan fingerprint density at radius 3 is 2.33 bits per heavy atom. The molecule has 1 rings (SSSR count). The Labute approximate surface area is 112 Å². The van der Waals surface area contributed by atoms with Crippen molar-refractivity contribution in [3.63, 3.8) is 0 Å². The summed E-state index contributed by atoms with van der Waals surface area (Å²) in [7, 11) is -2.85. The fourth-order valence-corrected chi connectivity index (χ4v) is 3.83. The third-order valence-corrected chi connectivity index (χ3v) is 5.51. The first-order valence-electron chi connectivity index (χ1n) is 7.28. The molecule has 0 aliphatic heterocycles. The van der Waals surface area contributed by atoms with Crippen molar-refractivity contribution in [1.29, 1.82) is 0 Å². The van der Waals surface area contributed by atoms with E-state index in [1.807, 2.05) is 0 Å². The van der Waals surface area contributed by atoms with Gasteiger partial charge in [-0.05, 0) is 50.0 Å². The third-order valence-electron chi connectivity index (χ3n) is 4.57. The zero-order chi connectivity index (χ0) is 13.6. The highest BCUT2D eigenvalue weighted by atomic mass is 32.2. The average Bonchev–Trinajstić information content (AvgIpc) is 2.34. The van der Waals surface area contributed by atoms with Gasteiger partial charge in [0.1, 0.15) is 9.84 Å². The lowest BCUT2D eigenvalue weighted by Gasteiger charge is -2.39. The molecule has 0 radical (unpaired) electrons. The van der Waals surface area contributed by atoms with Crippen LogP contribution in [0.1, 0.15) is 58.3 Å². The molecule has 1 fully saturated rings. The Hall–Kier alpha value is -0.0900. The van der Waals surface area contributed by atoms with Crippen molar-refractivity contribution >= 4 is 9.84 Å². The van der Waals surface area contributed by atoms with Crippen molar-refractivity contribution < 1.29 is 8.42 Å². The van der Waals surface area contributed by atoms with Gasteiger partial charge in [0, 0.05) is 6.26 Å². The summed E-state index contributed by atoms with van der Waals surface area (Å²) in [5.74, 6) is 1.15. The summed E-state index contributed by atoms with van der Waals surface area (Å²) in [4.78, 5) is 0. The molecule has 3 nitrogen and oxygen atoms in total. The van der Waals surface area contributed by atoms with Crippen LogP contribution in [-0.4, -0.2) is 27.0 Å². The SMILES string of the molecule is CCCCC1CCC(CN)(CCS(C)(=O)=O)CC1. The number of rotatable bonds is 7. The Bertz CT molecular complexity index is 330. The van der Waals surface area contributed by atoms with Crippen LogP contribution in [0, 0.1) is 11.3 Å². The van der Waals surface area contributed by atoms with E-state index in [1.165, 1.54) is 38.4 Å². The van der Waals surface area contributed by atoms with E-state index in [0.29, 0.717) is 12.3 Å². The second-order valence-electron chi connectivity index (χ2n) is 6.17. The number of hydrogen-bond donors (Lipinski definition) is 1. The zero-order valence-corrected chi connectivity index (χ0v) is 12.8. The van der Waals surface area contributed by atoms with Gasteiger partial charge < -0.3 is 5.73 Å². The maximum absolute atomic E-state index is 11.3. The minimum absolute atomic E-state index is 0.103. The normalized spacial score (nSPS) is 29.4. The first-order chi connectivity index (χ1) is 8.41. The monoisotopic (exact) mass is 275 g/mol. The fraction of sp³-hybridized carbons (Fsp3) is 1.00. The lowest BCUT2D eigenvalue weighted by Crippen LogP contribution is -2.36. The number of nitrogens with two attached hydrogens (primary N) is 1. The van der Waals surface area contributed by atoms with Crippen molar-refractivity contribution in [2.24, 2.45) is 17.1 Å². The van der Waals surface area contributed by atoms with Crippen LogP contribution in [0.4, 0.5) is 0 Å². The zero-order valence-electron chi connectivity index (χ0n) is 12.0. The molecule has 0 aromatic rings. The molecular formula is C14H29NO2S. The van der Waals surface area contributed by atoms with Gasteiger partial charge >= 0.3 is 0 Å². The average molecular weight is 275 g/mol. The molecular weight excluding hydrogens is 246 g/mol. The molecule has 0 aromatic heterocycles. The van der Waals surface area contributed by atoms with Crippen molar-refractivity contribution in [2.75, 3.05) is 18.6 Å². The summed E-state index contributed by atoms with van der Waals surface area (Å²) >= 11 is 0. The van der Waals surface area contributed by atoms with Crippen molar-refractivity contribution in [2.45, 2.75) is 58.3 Å². The van der Waals surface area contributed by atoms with Crippen molar-refractivity contribution in [3.8, 4) is 0 Å². The molecule has 1 aliphatic rings. The Morgan fingerprint density at radius 1 is 1.28 bits per heavy atom. The summed E-state index contributed by atoms with van der Waals surface area (Å²) in [6.07, 6.45) is 10.7. The van der Waals surface area contributed by atoms with Crippen LogP contribution in [-0.2, 0) is 9.84 Å². The molecule has 18 heavy (non-hydrogen) atoms. The largest absolute Gasteiger partial charge is 0.330 e. The van der Waals surface area contributed by atoms with Gasteiger partial charge in [-0.3, -0.25) is 0 Å². The highest BCUT2D eigenvalue weighted by Crippen LogP contribution is 2.42. The summed E-state index contributed by atoms with van der Waals surface area (Å²) in [6, 6.07) is 0. The predicted octanol–water partition coefficient (Wildman–Crippen LogP) is 2.75. The van der Waals surface area contributed by atoms with E-state index < -0.39 is 9.84 Å². The van der Waals surface area contributed by atoms with Gasteiger partial charge in [-0.25, -0.2) is 8.42 Å². The minimum atomic E-state index is -2.85. The van der Waals surface area contributed by atoms with Gasteiger partial charge in [0.05, 0.1) is 5.75 Å². The van der Waals surface area contributed by atoms with Crippen LogP contribution in [0.5, 0.6) is 0 Å². The molecule has 1 saturated carbocycles. The maximum atomic E-state index is 11.3. The summed E-state index contributed by atoms with van der Waals surface area (Å²) in [5.41, 5.74) is 6.02. The molecule has 0 heterocycles. The van der Waals surface area contributed by atoms with E-state index in [9.17, 15) is 8.42 Å². The molecule has 0 unspecified atom stereocenters. The minimum Gasteiger partial charge on any atom is -0.330 e. The smallest absolute Gasteiger partial charge is 0.147 e. The van der Waals surface area contributed by atoms with Gasteiger partial charge in [-0.2, -0.15) is 0 Å². The van der Waals surface area contributed by atoms with Gasteiger partial charge in [-0.15, -0.1) is 0 Å². The number of sulfone groups is 1. The van der Waals surface area contributed by atoms with Crippen LogP contribution >= 0.6 is 0 Å². The van der Waals surface area contributed by atoms with E-state index in [4.69, 9.17) is 5.73 Å². The van der Waals surface area contributed by atoms with Gasteiger partial charge in [0.2, 0.25) is 0 Å². The molecule has 0 aromatic carbocycles. The number of unbranched alkanes of at least 4 members (excludes halogenated alkanes) is 1. The van der Waals surface area contributed by atoms with E-state index in [1.54, 1.807) is 0 Å². The van der Waals surface area contributed by atoms with E-state index in [0.717, 1.165) is 25.2 Å². The molecule has 2 N–H and O–H groups in total. The molecule has 0 amide bonds. The first kappa shape index (κ1) is 16.0. The molecule has 0 bridgehead atoms. The summed E-state index contributed by atoms with van der Waals surface area (Å²) in [6.45, 7) is 2.88. The van der Waals surface area contributed by atoms with Crippen LogP contribution in [0.2, 0.25) is 0 Å². The van der Waals surface area contributed by atoms with Crippen LogP contribution in [0.15, 0.2) is 0 Å². The molecule has 0 spiro atoms. The van der Waals surface area contributed by atoms with Gasteiger partial charge in [0.25, 0.3) is 0 Å². The Kier molecular flexibility index (Phi) is 6.12. The molecule has 108 valence electrons. The van der Waals surface area contributed by atoms with Crippen LogP contribution in [0.25, 0.3) is 0 Å². The van der Waals surface area contributed by atoms with Gasteiger partial charge in [0.15, 0.2) is 0 Å². The second-order valence-corrected chi connectivity index (χ2v) is 8.43. The van der Waals surface area contributed by atoms with Crippen LogP contribution in [0.3, 0.4) is 0 Å². The lowest BCUT2D eigenvalue weighted by atomic mass is 9.68. The fourth-order valence-electron chi connectivity index (χ4n) is 3.03. The molecule has 1 aliphatic carbocycles. The van der Waals surface area contributed by atoms with E-state index in [2.05, 4.69) is 6.92 Å². The van der Waals surface area contributed by atoms with E-state index in [-0.39, 0.29) is 5.41 Å². The summed E-state index contributed by atoms with van der Waals surface area (Å²) < 4.78 is 22.6. The molecule has 4 heteroatoms. The quantitative estimate of drug-likeness (QED) is 0.777. The van der Waals surface area contributed by atoms with Crippen molar-refractivity contribution in [3.05, 3.63) is 0 Å². The highest BCUT2D eigenvalue weighted by molar-refractivity contribution is 7.90. The first-order valence-corrected chi connectivity index (χ1v) is 9.35. The van der Waals surface area contributed by atoms with Crippen LogP contribution < -0.4 is 5.73 Å². The standard InChI is InChI=1S/C14H29NO2S/c1-3-4-5-13-6-8-14(12-15,9-7-13)10-11-18(2,16)17/h13H,3-12,15H2,1-2H3. The topological polar surface area (TPSA) is 60.2 Å². The number of hydrogen-bond acceptors (Lipinski definition) is 3. The Balaban J connectivity index is 2.44. The third kappa shape index (κ3) is 5.27. The maximum Gasteiger partial charge on any atom is 0.147 e. The second kappa shape index (κ2) is 6.90. The van der Waals surface area contributed by atoms with Crippen molar-refractivity contribution in [1.82, 2.24) is 0 Å².